The number of carbonyl (C=O) groups is 1. The fraction of sp³-hybridized carbons (Fsp3) is 0. The van der Waals surface area contributed by atoms with Gasteiger partial charge in [-0.25, -0.2) is 9.78 Å². The van der Waals surface area contributed by atoms with Gasteiger partial charge < -0.3 is 10.4 Å². The van der Waals surface area contributed by atoms with Crippen molar-refractivity contribution in [2.24, 2.45) is 0 Å². The third-order valence-corrected chi connectivity index (χ3v) is 4.76. The van der Waals surface area contributed by atoms with Crippen LogP contribution in [-0.4, -0.2) is 36.6 Å². The van der Waals surface area contributed by atoms with E-state index < -0.39 is 6.09 Å². The Morgan fingerprint density at radius 1 is 1.27 bits per heavy atom. The SMILES string of the molecule is O=C(O)Nc1cc(-c2nnc(Nc3ccc4[nH]ncc4c3Cl)s2)ccn1. The van der Waals surface area contributed by atoms with Gasteiger partial charge in [0.15, 0.2) is 0 Å². The van der Waals surface area contributed by atoms with Crippen molar-refractivity contribution in [1.82, 2.24) is 25.4 Å². The lowest BCUT2D eigenvalue weighted by atomic mass is 10.2. The lowest BCUT2D eigenvalue weighted by Gasteiger charge is -2.05. The molecule has 26 heavy (non-hydrogen) atoms. The zero-order valence-corrected chi connectivity index (χ0v) is 14.5. The smallest absolute Gasteiger partial charge is 0.410 e. The third kappa shape index (κ3) is 3.15. The summed E-state index contributed by atoms with van der Waals surface area (Å²) in [5.74, 6) is 0.216. The van der Waals surface area contributed by atoms with E-state index in [4.69, 9.17) is 16.7 Å². The topological polar surface area (TPSA) is 129 Å². The number of rotatable bonds is 4. The molecule has 11 heteroatoms. The molecule has 0 spiro atoms. The van der Waals surface area contributed by atoms with E-state index in [1.54, 1.807) is 18.3 Å². The van der Waals surface area contributed by atoms with Gasteiger partial charge in [0, 0.05) is 17.1 Å². The molecule has 130 valence electrons. The van der Waals surface area contributed by atoms with Gasteiger partial charge in [0.1, 0.15) is 10.8 Å². The minimum atomic E-state index is -1.18. The Morgan fingerprint density at radius 2 is 2.15 bits per heavy atom. The van der Waals surface area contributed by atoms with E-state index in [0.717, 1.165) is 10.9 Å². The Hall–Kier alpha value is -3.24. The van der Waals surface area contributed by atoms with E-state index in [1.807, 2.05) is 12.1 Å². The van der Waals surface area contributed by atoms with Crippen molar-refractivity contribution in [3.05, 3.63) is 41.7 Å². The molecule has 3 aromatic heterocycles. The molecule has 3 heterocycles. The summed E-state index contributed by atoms with van der Waals surface area (Å²) in [6, 6.07) is 7.00. The number of hydrogen-bond donors (Lipinski definition) is 4. The van der Waals surface area contributed by atoms with Crippen LogP contribution in [0.4, 0.5) is 21.4 Å². The predicted octanol–water partition coefficient (Wildman–Crippen LogP) is 3.96. The number of H-pyrrole nitrogens is 1. The fourth-order valence-corrected chi connectivity index (χ4v) is 3.34. The number of halogens is 1. The maximum absolute atomic E-state index is 10.7. The summed E-state index contributed by atoms with van der Waals surface area (Å²) in [4.78, 5) is 14.7. The highest BCUT2D eigenvalue weighted by Gasteiger charge is 2.12. The first-order valence-electron chi connectivity index (χ1n) is 7.28. The van der Waals surface area contributed by atoms with E-state index in [0.29, 0.717) is 26.4 Å². The number of pyridine rings is 1. The second-order valence-electron chi connectivity index (χ2n) is 5.16. The number of carboxylic acid groups (broad SMARTS) is 1. The number of nitrogens with one attached hydrogen (secondary N) is 3. The average molecular weight is 388 g/mol. The van der Waals surface area contributed by atoms with Crippen LogP contribution < -0.4 is 10.6 Å². The number of nitrogens with zero attached hydrogens (tertiary/aromatic N) is 4. The zero-order chi connectivity index (χ0) is 18.1. The summed E-state index contributed by atoms with van der Waals surface area (Å²) in [7, 11) is 0. The molecule has 0 aliphatic heterocycles. The lowest BCUT2D eigenvalue weighted by Crippen LogP contribution is -2.08. The fourth-order valence-electron chi connectivity index (χ4n) is 2.33. The van der Waals surface area contributed by atoms with Crippen molar-refractivity contribution in [2.45, 2.75) is 0 Å². The average Bonchev–Trinajstić information content (AvgIpc) is 3.27. The van der Waals surface area contributed by atoms with Gasteiger partial charge in [-0.1, -0.05) is 22.9 Å². The minimum absolute atomic E-state index is 0.216. The van der Waals surface area contributed by atoms with Gasteiger partial charge in [-0.2, -0.15) is 5.10 Å². The predicted molar refractivity (Wildman–Crippen MR) is 99.2 cm³/mol. The van der Waals surface area contributed by atoms with Gasteiger partial charge in [0.2, 0.25) is 5.13 Å². The number of hydrogen-bond acceptors (Lipinski definition) is 7. The van der Waals surface area contributed by atoms with Crippen LogP contribution in [0.2, 0.25) is 5.02 Å². The van der Waals surface area contributed by atoms with Crippen molar-refractivity contribution >= 4 is 56.6 Å². The van der Waals surface area contributed by atoms with Crippen LogP contribution in [0.15, 0.2) is 36.7 Å². The summed E-state index contributed by atoms with van der Waals surface area (Å²) in [5.41, 5.74) is 2.23. The van der Waals surface area contributed by atoms with Crippen molar-refractivity contribution in [1.29, 1.82) is 0 Å². The number of amides is 1. The molecule has 9 nitrogen and oxygen atoms in total. The van der Waals surface area contributed by atoms with Crippen LogP contribution in [0.5, 0.6) is 0 Å². The largest absolute Gasteiger partial charge is 0.465 e. The monoisotopic (exact) mass is 387 g/mol. The maximum Gasteiger partial charge on any atom is 0.410 e. The molecule has 1 amide bonds. The summed E-state index contributed by atoms with van der Waals surface area (Å²) < 4.78 is 0. The quantitative estimate of drug-likeness (QED) is 0.417. The van der Waals surface area contributed by atoms with Gasteiger partial charge >= 0.3 is 6.09 Å². The van der Waals surface area contributed by atoms with Crippen molar-refractivity contribution in [3.63, 3.8) is 0 Å². The van der Waals surface area contributed by atoms with E-state index in [2.05, 4.69) is 36.0 Å². The van der Waals surface area contributed by atoms with Crippen LogP contribution in [0, 0.1) is 0 Å². The lowest BCUT2D eigenvalue weighted by molar-refractivity contribution is 0.209. The highest BCUT2D eigenvalue weighted by Crippen LogP contribution is 2.34. The molecular weight excluding hydrogens is 378 g/mol. The molecular formula is C15H10ClN7O2S. The number of fused-ring (bicyclic) bond motifs is 1. The first-order chi connectivity index (χ1) is 12.6. The standard InChI is InChI=1S/C15H10ClN7O2S/c16-12-8-6-18-21-9(8)1-2-10(12)19-14-23-22-13(26-14)7-3-4-17-11(5-7)20-15(24)25/h1-6H,(H,17,20)(H,18,21)(H,19,23)(H,24,25). The van der Waals surface area contributed by atoms with Crippen molar-refractivity contribution in [3.8, 4) is 10.6 Å². The highest BCUT2D eigenvalue weighted by molar-refractivity contribution is 7.18. The van der Waals surface area contributed by atoms with E-state index in [1.165, 1.54) is 17.5 Å². The van der Waals surface area contributed by atoms with Crippen LogP contribution >= 0.6 is 22.9 Å². The Morgan fingerprint density at radius 3 is 3.00 bits per heavy atom. The van der Waals surface area contributed by atoms with Gasteiger partial charge in [0.05, 0.1) is 22.4 Å². The molecule has 0 bridgehead atoms. The normalized spacial score (nSPS) is 10.8. The molecule has 0 saturated heterocycles. The number of aromatic amines is 1. The van der Waals surface area contributed by atoms with Gasteiger partial charge in [-0.15, -0.1) is 10.2 Å². The summed E-state index contributed by atoms with van der Waals surface area (Å²) in [6.07, 6.45) is 1.97. The molecule has 4 aromatic rings. The molecule has 0 radical (unpaired) electrons. The van der Waals surface area contributed by atoms with E-state index in [9.17, 15) is 4.79 Å². The Labute approximate surface area is 155 Å². The Balaban J connectivity index is 1.60. The van der Waals surface area contributed by atoms with Crippen LogP contribution in [0.3, 0.4) is 0 Å². The first kappa shape index (κ1) is 16.2. The van der Waals surface area contributed by atoms with Gasteiger partial charge in [-0.05, 0) is 24.3 Å². The van der Waals surface area contributed by atoms with E-state index >= 15 is 0 Å². The summed E-state index contributed by atoms with van der Waals surface area (Å²) in [5, 5.41) is 31.7. The van der Waals surface area contributed by atoms with Gasteiger partial charge in [-0.3, -0.25) is 10.4 Å². The molecule has 4 N–H and O–H groups in total. The highest BCUT2D eigenvalue weighted by atomic mass is 35.5. The number of benzene rings is 1. The second-order valence-corrected chi connectivity index (χ2v) is 6.51. The van der Waals surface area contributed by atoms with E-state index in [-0.39, 0.29) is 5.82 Å². The van der Waals surface area contributed by atoms with Crippen molar-refractivity contribution < 1.29 is 9.90 Å². The molecule has 0 fully saturated rings. The summed E-state index contributed by atoms with van der Waals surface area (Å²) in [6.45, 7) is 0. The number of aromatic nitrogens is 5. The first-order valence-corrected chi connectivity index (χ1v) is 8.48. The minimum Gasteiger partial charge on any atom is -0.465 e. The van der Waals surface area contributed by atoms with Gasteiger partial charge in [0.25, 0.3) is 0 Å². The Kier molecular flexibility index (Phi) is 4.11. The molecule has 1 aromatic carbocycles. The maximum atomic E-state index is 10.7. The van der Waals surface area contributed by atoms with Crippen LogP contribution in [0.1, 0.15) is 0 Å². The zero-order valence-electron chi connectivity index (χ0n) is 12.9. The molecule has 0 unspecified atom stereocenters. The molecule has 0 aliphatic rings. The summed E-state index contributed by atoms with van der Waals surface area (Å²) >= 11 is 7.69. The third-order valence-electron chi connectivity index (χ3n) is 3.47. The molecule has 4 rings (SSSR count). The van der Waals surface area contributed by atoms with Crippen LogP contribution in [-0.2, 0) is 0 Å². The number of anilines is 3. The molecule has 0 saturated carbocycles. The Bertz CT molecular complexity index is 1110. The van der Waals surface area contributed by atoms with Crippen LogP contribution in [0.25, 0.3) is 21.5 Å². The molecule has 0 atom stereocenters. The second kappa shape index (κ2) is 6.58. The van der Waals surface area contributed by atoms with Crippen molar-refractivity contribution in [2.75, 3.05) is 10.6 Å². The molecule has 0 aliphatic carbocycles.